The van der Waals surface area contributed by atoms with Gasteiger partial charge in [-0.25, -0.2) is 15.0 Å². The van der Waals surface area contributed by atoms with E-state index in [0.29, 0.717) is 11.3 Å². The van der Waals surface area contributed by atoms with E-state index in [2.05, 4.69) is 20.3 Å². The van der Waals surface area contributed by atoms with Crippen LogP contribution in [-0.2, 0) is 0 Å². The molecule has 0 aliphatic heterocycles. The highest BCUT2D eigenvalue weighted by Crippen LogP contribution is 2.24. The maximum absolute atomic E-state index is 12.7. The van der Waals surface area contributed by atoms with Crippen molar-refractivity contribution < 1.29 is 4.79 Å². The van der Waals surface area contributed by atoms with Crippen LogP contribution in [0.3, 0.4) is 0 Å². The van der Waals surface area contributed by atoms with Crippen LogP contribution in [0.5, 0.6) is 0 Å². The van der Waals surface area contributed by atoms with Gasteiger partial charge in [-0.2, -0.15) is 0 Å². The largest absolute Gasteiger partial charge is 0.377 e. The predicted octanol–water partition coefficient (Wildman–Crippen LogP) is 3.73. The zero-order chi connectivity index (χ0) is 20.5. The summed E-state index contributed by atoms with van der Waals surface area (Å²) in [5.41, 5.74) is 5.95. The van der Waals surface area contributed by atoms with Crippen molar-refractivity contribution in [3.05, 3.63) is 71.7 Å². The summed E-state index contributed by atoms with van der Waals surface area (Å²) in [6.07, 6.45) is 3.58. The lowest BCUT2D eigenvalue weighted by Crippen LogP contribution is -2.16. The summed E-state index contributed by atoms with van der Waals surface area (Å²) in [6, 6.07) is 13.2. The zero-order valence-electron chi connectivity index (χ0n) is 16.8. The van der Waals surface area contributed by atoms with E-state index in [9.17, 15) is 4.79 Å². The molecule has 0 bridgehead atoms. The summed E-state index contributed by atoms with van der Waals surface area (Å²) >= 11 is 0. The third-order valence-electron chi connectivity index (χ3n) is 4.77. The standard InChI is InChI=1S/C22H22N6O/c1-14-13-16(8-9-18(14)27(3)4)21(29)26-22-23-11-10-17(25-22)20-15(2)24-19-7-5-6-12-28(19)20/h5-13H,1-4H3,(H,23,25,26,29). The molecular weight excluding hydrogens is 364 g/mol. The van der Waals surface area contributed by atoms with Gasteiger partial charge >= 0.3 is 0 Å². The highest BCUT2D eigenvalue weighted by molar-refractivity contribution is 6.03. The van der Waals surface area contributed by atoms with Crippen molar-refractivity contribution in [1.29, 1.82) is 0 Å². The summed E-state index contributed by atoms with van der Waals surface area (Å²) in [5.74, 6) is 0.0116. The molecule has 0 unspecified atom stereocenters. The fraction of sp³-hybridized carbons (Fsp3) is 0.182. The molecule has 7 nitrogen and oxygen atoms in total. The number of rotatable bonds is 4. The second kappa shape index (κ2) is 7.35. The molecule has 0 spiro atoms. The van der Waals surface area contributed by atoms with Crippen LogP contribution >= 0.6 is 0 Å². The van der Waals surface area contributed by atoms with Crippen LogP contribution in [0.4, 0.5) is 11.6 Å². The molecule has 1 aromatic carbocycles. The topological polar surface area (TPSA) is 75.4 Å². The SMILES string of the molecule is Cc1cc(C(=O)Nc2nccc(-c3c(C)nc4ccccn34)n2)ccc1N(C)C. The highest BCUT2D eigenvalue weighted by atomic mass is 16.1. The van der Waals surface area contributed by atoms with E-state index in [0.717, 1.165) is 28.3 Å². The average Bonchev–Trinajstić information content (AvgIpc) is 3.03. The second-order valence-electron chi connectivity index (χ2n) is 7.09. The van der Waals surface area contributed by atoms with Crippen molar-refractivity contribution in [2.24, 2.45) is 0 Å². The fourth-order valence-electron chi connectivity index (χ4n) is 3.45. The zero-order valence-corrected chi connectivity index (χ0v) is 16.8. The van der Waals surface area contributed by atoms with Crippen LogP contribution in [0.25, 0.3) is 17.0 Å². The van der Waals surface area contributed by atoms with E-state index >= 15 is 0 Å². The van der Waals surface area contributed by atoms with Crippen molar-refractivity contribution in [2.45, 2.75) is 13.8 Å². The number of fused-ring (bicyclic) bond motifs is 1. The van der Waals surface area contributed by atoms with Crippen molar-refractivity contribution in [1.82, 2.24) is 19.4 Å². The number of pyridine rings is 1. The summed E-state index contributed by atoms with van der Waals surface area (Å²) in [5, 5.41) is 2.80. The Balaban J connectivity index is 1.63. The van der Waals surface area contributed by atoms with Gasteiger partial charge in [0.05, 0.1) is 17.1 Å². The Labute approximate surface area is 169 Å². The van der Waals surface area contributed by atoms with Crippen LogP contribution in [0.2, 0.25) is 0 Å². The molecule has 0 aliphatic rings. The van der Waals surface area contributed by atoms with Gasteiger partial charge in [-0.3, -0.25) is 14.5 Å². The molecule has 7 heteroatoms. The van der Waals surface area contributed by atoms with Crippen molar-refractivity contribution in [2.75, 3.05) is 24.3 Å². The monoisotopic (exact) mass is 386 g/mol. The number of imidazole rings is 1. The molecule has 0 atom stereocenters. The lowest BCUT2D eigenvalue weighted by atomic mass is 10.1. The molecule has 1 N–H and O–H groups in total. The number of aromatic nitrogens is 4. The number of amides is 1. The first-order valence-electron chi connectivity index (χ1n) is 9.30. The van der Waals surface area contributed by atoms with Crippen molar-refractivity contribution in [3.63, 3.8) is 0 Å². The maximum atomic E-state index is 12.7. The fourth-order valence-corrected chi connectivity index (χ4v) is 3.45. The lowest BCUT2D eigenvalue weighted by molar-refractivity contribution is 0.102. The lowest BCUT2D eigenvalue weighted by Gasteiger charge is -2.16. The molecular formula is C22H22N6O. The van der Waals surface area contributed by atoms with E-state index in [4.69, 9.17) is 0 Å². The van der Waals surface area contributed by atoms with Gasteiger partial charge in [0.2, 0.25) is 5.95 Å². The molecule has 3 aromatic heterocycles. The number of carbonyl (C=O) groups is 1. The second-order valence-corrected chi connectivity index (χ2v) is 7.09. The first-order valence-corrected chi connectivity index (χ1v) is 9.30. The van der Waals surface area contributed by atoms with Gasteiger partial charge in [0.15, 0.2) is 0 Å². The molecule has 0 saturated carbocycles. The first-order chi connectivity index (χ1) is 13.9. The van der Waals surface area contributed by atoms with Gasteiger partial charge in [0.25, 0.3) is 5.91 Å². The molecule has 0 fully saturated rings. The van der Waals surface area contributed by atoms with Crippen LogP contribution in [0.1, 0.15) is 21.6 Å². The van der Waals surface area contributed by atoms with E-state index < -0.39 is 0 Å². The Morgan fingerprint density at radius 2 is 1.90 bits per heavy atom. The molecule has 4 aromatic rings. The number of nitrogens with one attached hydrogen (secondary N) is 1. The van der Waals surface area contributed by atoms with Crippen LogP contribution < -0.4 is 10.2 Å². The van der Waals surface area contributed by atoms with E-state index in [1.807, 2.05) is 79.8 Å². The molecule has 3 heterocycles. The van der Waals surface area contributed by atoms with E-state index in [-0.39, 0.29) is 11.9 Å². The predicted molar refractivity (Wildman–Crippen MR) is 114 cm³/mol. The summed E-state index contributed by atoms with van der Waals surface area (Å²) < 4.78 is 1.98. The first kappa shape index (κ1) is 18.6. The molecule has 0 radical (unpaired) electrons. The number of benzene rings is 1. The van der Waals surface area contributed by atoms with Gasteiger partial charge in [-0.15, -0.1) is 0 Å². The summed E-state index contributed by atoms with van der Waals surface area (Å²) in [7, 11) is 3.95. The van der Waals surface area contributed by atoms with Gasteiger partial charge in [-0.05, 0) is 55.8 Å². The van der Waals surface area contributed by atoms with E-state index in [1.165, 1.54) is 0 Å². The molecule has 146 valence electrons. The molecule has 0 aliphatic carbocycles. The van der Waals surface area contributed by atoms with Crippen LogP contribution in [0.15, 0.2) is 54.9 Å². The van der Waals surface area contributed by atoms with Crippen LogP contribution in [0, 0.1) is 13.8 Å². The molecule has 4 rings (SSSR count). The Morgan fingerprint density at radius 1 is 1.07 bits per heavy atom. The number of nitrogens with zero attached hydrogens (tertiary/aromatic N) is 5. The third-order valence-corrected chi connectivity index (χ3v) is 4.77. The number of hydrogen-bond acceptors (Lipinski definition) is 5. The minimum absolute atomic E-state index is 0.245. The van der Waals surface area contributed by atoms with Crippen LogP contribution in [-0.4, -0.2) is 39.4 Å². The van der Waals surface area contributed by atoms with Gasteiger partial charge in [0, 0.05) is 37.7 Å². The smallest absolute Gasteiger partial charge is 0.258 e. The molecule has 1 amide bonds. The third kappa shape index (κ3) is 3.54. The van der Waals surface area contributed by atoms with Crippen molar-refractivity contribution in [3.8, 4) is 11.4 Å². The molecule has 0 saturated heterocycles. The number of anilines is 2. The minimum Gasteiger partial charge on any atom is -0.377 e. The van der Waals surface area contributed by atoms with Gasteiger partial charge in [-0.1, -0.05) is 6.07 Å². The summed E-state index contributed by atoms with van der Waals surface area (Å²) in [4.78, 5) is 28.0. The molecule has 29 heavy (non-hydrogen) atoms. The Hall–Kier alpha value is -3.74. The average molecular weight is 386 g/mol. The van der Waals surface area contributed by atoms with E-state index in [1.54, 1.807) is 12.3 Å². The van der Waals surface area contributed by atoms with Crippen molar-refractivity contribution >= 4 is 23.2 Å². The number of aryl methyl sites for hydroxylation is 2. The minimum atomic E-state index is -0.245. The number of hydrogen-bond donors (Lipinski definition) is 1. The maximum Gasteiger partial charge on any atom is 0.258 e. The highest BCUT2D eigenvalue weighted by Gasteiger charge is 2.15. The van der Waals surface area contributed by atoms with Gasteiger partial charge < -0.3 is 4.90 Å². The Morgan fingerprint density at radius 3 is 2.66 bits per heavy atom. The Kier molecular flexibility index (Phi) is 4.72. The van der Waals surface area contributed by atoms with Gasteiger partial charge in [0.1, 0.15) is 5.65 Å². The number of carbonyl (C=O) groups excluding carboxylic acids is 1. The quantitative estimate of drug-likeness (QED) is 0.578. The Bertz CT molecular complexity index is 1210. The summed E-state index contributed by atoms with van der Waals surface area (Å²) in [6.45, 7) is 3.93. The normalized spacial score (nSPS) is 10.9.